The minimum absolute atomic E-state index is 0.0193. The molecule has 0 heterocycles. The van der Waals surface area contributed by atoms with Crippen LogP contribution in [0.5, 0.6) is 0 Å². The molecular formula is C17H18N2O. The third kappa shape index (κ3) is 3.99. The lowest BCUT2D eigenvalue weighted by molar-refractivity contribution is -0.117. The lowest BCUT2D eigenvalue weighted by Crippen LogP contribution is -2.24. The molecule has 2 rings (SSSR count). The Kier molecular flexibility index (Phi) is 4.56. The first-order valence-corrected chi connectivity index (χ1v) is 6.54. The number of nitrogens with one attached hydrogen (secondary N) is 1. The van der Waals surface area contributed by atoms with E-state index >= 15 is 0 Å². The van der Waals surface area contributed by atoms with Crippen LogP contribution in [0.2, 0.25) is 0 Å². The van der Waals surface area contributed by atoms with Gasteiger partial charge >= 0.3 is 0 Å². The highest BCUT2D eigenvalue weighted by molar-refractivity contribution is 5.92. The van der Waals surface area contributed by atoms with Crippen LogP contribution in [0.25, 0.3) is 6.08 Å². The van der Waals surface area contributed by atoms with E-state index in [9.17, 15) is 4.79 Å². The van der Waals surface area contributed by atoms with Crippen LogP contribution in [0.4, 0.5) is 5.69 Å². The van der Waals surface area contributed by atoms with Crippen molar-refractivity contribution in [3.8, 4) is 0 Å². The van der Waals surface area contributed by atoms with Gasteiger partial charge in [0, 0.05) is 11.8 Å². The van der Waals surface area contributed by atoms with Crippen molar-refractivity contribution in [3.05, 3.63) is 71.8 Å². The molecule has 0 aromatic heterocycles. The zero-order chi connectivity index (χ0) is 14.4. The van der Waals surface area contributed by atoms with Gasteiger partial charge in [0.15, 0.2) is 0 Å². The molecule has 3 N–H and O–H groups in total. The molecule has 0 saturated heterocycles. The predicted octanol–water partition coefficient (Wildman–Crippen LogP) is 3.16. The molecule has 0 saturated carbocycles. The molecule has 1 amide bonds. The third-order valence-electron chi connectivity index (χ3n) is 3.00. The Bertz CT molecular complexity index is 605. The summed E-state index contributed by atoms with van der Waals surface area (Å²) in [4.78, 5) is 11.9. The second-order valence-electron chi connectivity index (χ2n) is 4.64. The Morgan fingerprint density at radius 1 is 1.15 bits per heavy atom. The number of hydrogen-bond donors (Lipinski definition) is 2. The topological polar surface area (TPSA) is 55.1 Å². The van der Waals surface area contributed by atoms with Gasteiger partial charge in [0.2, 0.25) is 5.91 Å². The Balaban J connectivity index is 1.96. The van der Waals surface area contributed by atoms with Crippen molar-refractivity contribution in [2.75, 3.05) is 5.73 Å². The number of nitrogen functional groups attached to an aromatic ring is 1. The molecule has 0 spiro atoms. The molecule has 2 aromatic carbocycles. The number of carbonyl (C=O) groups is 1. The highest BCUT2D eigenvalue weighted by Gasteiger charge is 2.06. The molecule has 0 aliphatic heterocycles. The van der Waals surface area contributed by atoms with Gasteiger partial charge in [0.25, 0.3) is 0 Å². The minimum Gasteiger partial charge on any atom is -0.399 e. The van der Waals surface area contributed by atoms with Crippen LogP contribution in [-0.2, 0) is 4.79 Å². The number of amides is 1. The zero-order valence-electron chi connectivity index (χ0n) is 11.4. The first-order valence-electron chi connectivity index (χ1n) is 6.54. The summed E-state index contributed by atoms with van der Waals surface area (Å²) in [6.45, 7) is 1.96. The summed E-state index contributed by atoms with van der Waals surface area (Å²) >= 11 is 0. The molecule has 1 atom stereocenters. The van der Waals surface area contributed by atoms with E-state index < -0.39 is 0 Å². The van der Waals surface area contributed by atoms with Crippen molar-refractivity contribution >= 4 is 17.7 Å². The van der Waals surface area contributed by atoms with Gasteiger partial charge in [0.1, 0.15) is 0 Å². The van der Waals surface area contributed by atoms with Gasteiger partial charge in [-0.15, -0.1) is 0 Å². The van der Waals surface area contributed by atoms with Crippen LogP contribution >= 0.6 is 0 Å². The van der Waals surface area contributed by atoms with Gasteiger partial charge in [-0.2, -0.15) is 0 Å². The molecule has 0 bridgehead atoms. The van der Waals surface area contributed by atoms with Crippen molar-refractivity contribution < 1.29 is 4.79 Å². The summed E-state index contributed by atoms with van der Waals surface area (Å²) in [7, 11) is 0. The number of rotatable bonds is 4. The fraction of sp³-hybridized carbons (Fsp3) is 0.118. The van der Waals surface area contributed by atoms with Crippen molar-refractivity contribution in [3.63, 3.8) is 0 Å². The highest BCUT2D eigenvalue weighted by Crippen LogP contribution is 2.11. The van der Waals surface area contributed by atoms with Gasteiger partial charge in [-0.05, 0) is 36.3 Å². The molecule has 3 nitrogen and oxygen atoms in total. The maximum absolute atomic E-state index is 11.9. The van der Waals surface area contributed by atoms with Crippen LogP contribution in [0.1, 0.15) is 24.1 Å². The zero-order valence-corrected chi connectivity index (χ0v) is 11.4. The average molecular weight is 266 g/mol. The van der Waals surface area contributed by atoms with Gasteiger partial charge in [-0.3, -0.25) is 4.79 Å². The fourth-order valence-electron chi connectivity index (χ4n) is 1.92. The van der Waals surface area contributed by atoms with Gasteiger partial charge in [-0.25, -0.2) is 0 Å². The summed E-state index contributed by atoms with van der Waals surface area (Å²) in [6, 6.07) is 17.2. The molecule has 3 heteroatoms. The molecular weight excluding hydrogens is 248 g/mol. The summed E-state index contributed by atoms with van der Waals surface area (Å²) in [5.41, 5.74) is 8.36. The highest BCUT2D eigenvalue weighted by atomic mass is 16.1. The lowest BCUT2D eigenvalue weighted by Gasteiger charge is -2.12. The number of nitrogens with two attached hydrogens (primary N) is 1. The molecule has 0 radical (unpaired) electrons. The van der Waals surface area contributed by atoms with Crippen molar-refractivity contribution in [2.24, 2.45) is 0 Å². The van der Waals surface area contributed by atoms with E-state index in [-0.39, 0.29) is 11.9 Å². The SMILES string of the molecule is C[C@H](NC(=O)/C=C/c1cccc(N)c1)c1ccccc1. The fourth-order valence-corrected chi connectivity index (χ4v) is 1.92. The summed E-state index contributed by atoms with van der Waals surface area (Å²) in [5, 5.41) is 2.92. The number of hydrogen-bond acceptors (Lipinski definition) is 2. The molecule has 20 heavy (non-hydrogen) atoms. The Hall–Kier alpha value is -2.55. The second-order valence-corrected chi connectivity index (χ2v) is 4.64. The summed E-state index contributed by atoms with van der Waals surface area (Å²) < 4.78 is 0. The Labute approximate surface area is 119 Å². The molecule has 0 unspecified atom stereocenters. The smallest absolute Gasteiger partial charge is 0.244 e. The lowest BCUT2D eigenvalue weighted by atomic mass is 10.1. The van der Waals surface area contributed by atoms with Gasteiger partial charge < -0.3 is 11.1 Å². The van der Waals surface area contributed by atoms with Crippen molar-refractivity contribution in [2.45, 2.75) is 13.0 Å². The van der Waals surface area contributed by atoms with Crippen LogP contribution in [-0.4, -0.2) is 5.91 Å². The normalized spacial score (nSPS) is 12.2. The summed E-state index contributed by atoms with van der Waals surface area (Å²) in [5.74, 6) is -0.122. The maximum atomic E-state index is 11.9. The largest absolute Gasteiger partial charge is 0.399 e. The van der Waals surface area contributed by atoms with E-state index in [1.807, 2.05) is 61.5 Å². The number of benzene rings is 2. The molecule has 0 aliphatic carbocycles. The van der Waals surface area contributed by atoms with E-state index in [2.05, 4.69) is 5.32 Å². The average Bonchev–Trinajstić information content (AvgIpc) is 2.46. The van der Waals surface area contributed by atoms with E-state index in [1.54, 1.807) is 6.08 Å². The molecule has 2 aromatic rings. The van der Waals surface area contributed by atoms with Crippen LogP contribution in [0, 0.1) is 0 Å². The number of anilines is 1. The van der Waals surface area contributed by atoms with E-state index in [4.69, 9.17) is 5.73 Å². The predicted molar refractivity (Wildman–Crippen MR) is 82.9 cm³/mol. The Morgan fingerprint density at radius 2 is 1.90 bits per heavy atom. The standard InChI is InChI=1S/C17H18N2O/c1-13(15-7-3-2-4-8-15)19-17(20)11-10-14-6-5-9-16(18)12-14/h2-13H,18H2,1H3,(H,19,20)/b11-10+/t13-/m0/s1. The molecule has 0 fully saturated rings. The van der Waals surface area contributed by atoms with E-state index in [0.717, 1.165) is 11.1 Å². The van der Waals surface area contributed by atoms with Gasteiger partial charge in [0.05, 0.1) is 6.04 Å². The Morgan fingerprint density at radius 3 is 2.60 bits per heavy atom. The second kappa shape index (κ2) is 6.57. The van der Waals surface area contributed by atoms with Crippen LogP contribution in [0.3, 0.4) is 0 Å². The first-order chi connectivity index (χ1) is 9.65. The van der Waals surface area contributed by atoms with E-state index in [0.29, 0.717) is 5.69 Å². The molecule has 102 valence electrons. The van der Waals surface area contributed by atoms with Crippen LogP contribution in [0.15, 0.2) is 60.7 Å². The van der Waals surface area contributed by atoms with Crippen LogP contribution < -0.4 is 11.1 Å². The van der Waals surface area contributed by atoms with Gasteiger partial charge in [-0.1, -0.05) is 42.5 Å². The van der Waals surface area contributed by atoms with E-state index in [1.165, 1.54) is 6.08 Å². The third-order valence-corrected chi connectivity index (χ3v) is 3.00. The summed E-state index contributed by atoms with van der Waals surface area (Å²) in [6.07, 6.45) is 3.28. The quantitative estimate of drug-likeness (QED) is 0.659. The van der Waals surface area contributed by atoms with Crippen molar-refractivity contribution in [1.82, 2.24) is 5.32 Å². The van der Waals surface area contributed by atoms with Crippen molar-refractivity contribution in [1.29, 1.82) is 0 Å². The first kappa shape index (κ1) is 13.9. The monoisotopic (exact) mass is 266 g/mol. The minimum atomic E-state index is -0.122. The maximum Gasteiger partial charge on any atom is 0.244 e. The number of carbonyl (C=O) groups excluding carboxylic acids is 1. The molecule has 0 aliphatic rings.